The zero-order valence-corrected chi connectivity index (χ0v) is 16.6. The van der Waals surface area contributed by atoms with Gasteiger partial charge in [-0.15, -0.1) is 0 Å². The molecular weight excluding hydrogens is 428 g/mol. The Labute approximate surface area is 181 Å². The Morgan fingerprint density at radius 3 is 2.19 bits per heavy atom. The van der Waals surface area contributed by atoms with E-state index >= 15 is 0 Å². The first-order chi connectivity index (χ1) is 15.2. The summed E-state index contributed by atoms with van der Waals surface area (Å²) < 4.78 is 17.1. The van der Waals surface area contributed by atoms with Crippen LogP contribution in [0.3, 0.4) is 0 Å². The zero-order valence-electron chi connectivity index (χ0n) is 16.6. The predicted octanol–water partition coefficient (Wildman–Crippen LogP) is -0.844. The third kappa shape index (κ3) is 3.95. The van der Waals surface area contributed by atoms with Crippen molar-refractivity contribution in [1.82, 2.24) is 0 Å². The largest absolute Gasteiger partial charge is 0.508 e. The first-order valence-electron chi connectivity index (χ1n) is 9.86. The third-order valence-corrected chi connectivity index (χ3v) is 5.63. The monoisotopic (exact) mass is 452 g/mol. The van der Waals surface area contributed by atoms with Crippen LogP contribution in [0.2, 0.25) is 0 Å². The molecule has 1 fully saturated rings. The van der Waals surface area contributed by atoms with Crippen molar-refractivity contribution >= 4 is 0 Å². The van der Waals surface area contributed by atoms with Gasteiger partial charge in [0.2, 0.25) is 0 Å². The molecule has 2 aliphatic rings. The number of hydrogen-bond acceptors (Lipinski definition) is 11. The Morgan fingerprint density at radius 2 is 1.53 bits per heavy atom. The van der Waals surface area contributed by atoms with Crippen LogP contribution < -0.4 is 4.74 Å². The van der Waals surface area contributed by atoms with Gasteiger partial charge in [0.1, 0.15) is 59.6 Å². The molecule has 4 rings (SSSR count). The van der Waals surface area contributed by atoms with Crippen LogP contribution in [0.1, 0.15) is 23.3 Å². The Hall–Kier alpha value is -2.64. The Bertz CT molecular complexity index is 948. The molecule has 8 N–H and O–H groups in total. The van der Waals surface area contributed by atoms with E-state index in [-0.39, 0.29) is 22.8 Å². The van der Waals surface area contributed by atoms with Crippen molar-refractivity contribution in [3.05, 3.63) is 47.5 Å². The SMILES string of the molecule is OCC1O[C@@H](O[C@H]2C(O)c3c(O)cc(O)cc3O[C@@H]2c2ccc(O)cc2)C(O)C(O)[C@@H]1O. The van der Waals surface area contributed by atoms with Crippen LogP contribution in [0, 0.1) is 0 Å². The van der Waals surface area contributed by atoms with Crippen LogP contribution in [-0.2, 0) is 9.47 Å². The van der Waals surface area contributed by atoms with Crippen molar-refractivity contribution in [3.63, 3.8) is 0 Å². The molecule has 32 heavy (non-hydrogen) atoms. The molecule has 0 radical (unpaired) electrons. The average Bonchev–Trinajstić information content (AvgIpc) is 2.75. The number of rotatable bonds is 4. The molecule has 4 unspecified atom stereocenters. The first-order valence-corrected chi connectivity index (χ1v) is 9.86. The van der Waals surface area contributed by atoms with Crippen LogP contribution in [0.5, 0.6) is 23.0 Å². The van der Waals surface area contributed by atoms with Gasteiger partial charge in [-0.1, -0.05) is 12.1 Å². The molecule has 0 aromatic heterocycles. The molecule has 0 bridgehead atoms. The van der Waals surface area contributed by atoms with Crippen molar-refractivity contribution in [3.8, 4) is 23.0 Å². The number of phenols is 3. The van der Waals surface area contributed by atoms with E-state index < -0.39 is 61.4 Å². The Kier molecular flexibility index (Phi) is 6.14. The van der Waals surface area contributed by atoms with Crippen molar-refractivity contribution in [1.29, 1.82) is 0 Å². The molecule has 11 nitrogen and oxygen atoms in total. The summed E-state index contributed by atoms with van der Waals surface area (Å²) in [6, 6.07) is 7.98. The number of hydrogen-bond donors (Lipinski definition) is 8. The molecule has 0 amide bonds. The van der Waals surface area contributed by atoms with E-state index in [4.69, 9.17) is 14.2 Å². The lowest BCUT2D eigenvalue weighted by Gasteiger charge is -2.44. The van der Waals surface area contributed by atoms with Gasteiger partial charge in [-0.05, 0) is 17.7 Å². The van der Waals surface area contributed by atoms with E-state index in [0.717, 1.165) is 6.07 Å². The molecule has 8 atom stereocenters. The number of fused-ring (bicyclic) bond motifs is 1. The molecule has 2 aromatic carbocycles. The van der Waals surface area contributed by atoms with Crippen LogP contribution in [0.25, 0.3) is 0 Å². The maximum atomic E-state index is 11.0. The number of aromatic hydroxyl groups is 3. The lowest BCUT2D eigenvalue weighted by molar-refractivity contribution is -0.325. The first kappa shape index (κ1) is 22.6. The third-order valence-electron chi connectivity index (χ3n) is 5.63. The van der Waals surface area contributed by atoms with E-state index in [1.165, 1.54) is 30.3 Å². The van der Waals surface area contributed by atoms with Crippen molar-refractivity contribution in [2.75, 3.05) is 6.61 Å². The summed E-state index contributed by atoms with van der Waals surface area (Å²) in [6.07, 6.45) is -11.7. The standard InChI is InChI=1S/C21H24O11/c22-7-13-15(26)17(28)18(29)21(31-13)32-20-16(27)14-11(25)5-10(24)6-12(14)30-19(20)8-1-3-9(23)4-2-8/h1-6,13,15-29H,7H2/t13?,15-,16?,17?,18?,19-,20+,21+/m1/s1. The predicted molar refractivity (Wildman–Crippen MR) is 105 cm³/mol. The molecule has 2 aromatic rings. The Balaban J connectivity index is 1.71. The second-order valence-corrected chi connectivity index (χ2v) is 7.75. The lowest BCUT2D eigenvalue weighted by atomic mass is 9.91. The quantitative estimate of drug-likeness (QED) is 0.289. The van der Waals surface area contributed by atoms with Gasteiger partial charge in [-0.25, -0.2) is 0 Å². The summed E-state index contributed by atoms with van der Waals surface area (Å²) >= 11 is 0. The van der Waals surface area contributed by atoms with Gasteiger partial charge in [0.25, 0.3) is 0 Å². The summed E-state index contributed by atoms with van der Waals surface area (Å²) in [7, 11) is 0. The minimum Gasteiger partial charge on any atom is -0.508 e. The number of ether oxygens (including phenoxy) is 3. The number of aliphatic hydroxyl groups is 5. The number of benzene rings is 2. The molecular formula is C21H24O11. The topological polar surface area (TPSA) is 190 Å². The van der Waals surface area contributed by atoms with E-state index in [9.17, 15) is 40.9 Å². The maximum absolute atomic E-state index is 11.0. The second-order valence-electron chi connectivity index (χ2n) is 7.75. The summed E-state index contributed by atoms with van der Waals surface area (Å²) in [5.74, 6) is -0.792. The van der Waals surface area contributed by atoms with Crippen molar-refractivity contribution in [2.45, 2.75) is 49.0 Å². The smallest absolute Gasteiger partial charge is 0.187 e. The van der Waals surface area contributed by atoms with Gasteiger partial charge in [-0.2, -0.15) is 0 Å². The highest BCUT2D eigenvalue weighted by atomic mass is 16.7. The van der Waals surface area contributed by atoms with Gasteiger partial charge in [-0.3, -0.25) is 0 Å². The fourth-order valence-corrected chi connectivity index (χ4v) is 3.93. The summed E-state index contributed by atoms with van der Waals surface area (Å²) in [6.45, 7) is -0.668. The van der Waals surface area contributed by atoms with Crippen molar-refractivity contribution < 1.29 is 55.1 Å². The van der Waals surface area contributed by atoms with Crippen LogP contribution in [0.4, 0.5) is 0 Å². The zero-order chi connectivity index (χ0) is 23.2. The van der Waals surface area contributed by atoms with Crippen LogP contribution in [0.15, 0.2) is 36.4 Å². The fraction of sp³-hybridized carbons (Fsp3) is 0.429. The minimum atomic E-state index is -1.73. The molecule has 2 heterocycles. The summed E-state index contributed by atoms with van der Waals surface area (Å²) in [5.41, 5.74) is 0.359. The fourth-order valence-electron chi connectivity index (χ4n) is 3.93. The highest BCUT2D eigenvalue weighted by molar-refractivity contribution is 5.53. The van der Waals surface area contributed by atoms with E-state index in [2.05, 4.69) is 0 Å². The number of phenolic OH excluding ortho intramolecular Hbond substituents is 3. The molecule has 0 aliphatic carbocycles. The Morgan fingerprint density at radius 1 is 0.844 bits per heavy atom. The van der Waals surface area contributed by atoms with Crippen molar-refractivity contribution in [2.24, 2.45) is 0 Å². The van der Waals surface area contributed by atoms with E-state index in [1.54, 1.807) is 0 Å². The average molecular weight is 452 g/mol. The molecule has 174 valence electrons. The van der Waals surface area contributed by atoms with E-state index in [1.807, 2.05) is 0 Å². The molecule has 0 saturated carbocycles. The minimum absolute atomic E-state index is 0.0123. The van der Waals surface area contributed by atoms with Gasteiger partial charge in [0.15, 0.2) is 12.4 Å². The molecule has 2 aliphatic heterocycles. The van der Waals surface area contributed by atoms with Crippen LogP contribution >= 0.6 is 0 Å². The number of aliphatic hydroxyl groups excluding tert-OH is 5. The molecule has 0 spiro atoms. The molecule has 1 saturated heterocycles. The van der Waals surface area contributed by atoms with Gasteiger partial charge in [0.05, 0.1) is 12.2 Å². The van der Waals surface area contributed by atoms with Gasteiger partial charge < -0.3 is 55.1 Å². The summed E-state index contributed by atoms with van der Waals surface area (Å²) in [4.78, 5) is 0. The maximum Gasteiger partial charge on any atom is 0.187 e. The van der Waals surface area contributed by atoms with Gasteiger partial charge in [0, 0.05) is 12.1 Å². The van der Waals surface area contributed by atoms with E-state index in [0.29, 0.717) is 5.56 Å². The lowest BCUT2D eigenvalue weighted by Crippen LogP contribution is -2.60. The highest BCUT2D eigenvalue weighted by Gasteiger charge is 2.49. The van der Waals surface area contributed by atoms with Crippen LogP contribution in [-0.4, -0.2) is 84.3 Å². The summed E-state index contributed by atoms with van der Waals surface area (Å²) in [5, 5.41) is 80.5. The normalized spacial score (nSPS) is 34.5. The molecule has 11 heteroatoms. The highest BCUT2D eigenvalue weighted by Crippen LogP contribution is 2.48. The second kappa shape index (κ2) is 8.71. The van der Waals surface area contributed by atoms with Gasteiger partial charge >= 0.3 is 0 Å².